The fraction of sp³-hybridized carbons (Fsp3) is 0.457. The fourth-order valence-electron chi connectivity index (χ4n) is 7.71. The molecule has 3 aliphatic rings. The van der Waals surface area contributed by atoms with Crippen LogP contribution in [-0.2, 0) is 30.3 Å². The van der Waals surface area contributed by atoms with Crippen LogP contribution in [0, 0.1) is 24.7 Å². The van der Waals surface area contributed by atoms with Crippen molar-refractivity contribution in [2.24, 2.45) is 17.8 Å². The number of carbonyl (C=O) groups is 3. The summed E-state index contributed by atoms with van der Waals surface area (Å²) in [7, 11) is 0. The maximum Gasteiger partial charge on any atom is 0.312 e. The highest BCUT2D eigenvalue weighted by Crippen LogP contribution is 2.66. The number of hydrogen-bond donors (Lipinski definition) is 1. The van der Waals surface area contributed by atoms with E-state index in [1.807, 2.05) is 63.2 Å². The number of rotatable bonds is 12. The molecular formula is C35H41ClN2O6. The van der Waals surface area contributed by atoms with E-state index in [1.165, 1.54) is 4.90 Å². The van der Waals surface area contributed by atoms with Crippen LogP contribution in [0.5, 0.6) is 0 Å². The number of aliphatic hydroxyl groups excluding tert-OH is 1. The first kappa shape index (κ1) is 31.9. The Morgan fingerprint density at radius 3 is 2.57 bits per heavy atom. The molecule has 3 saturated heterocycles. The molecule has 3 aliphatic heterocycles. The van der Waals surface area contributed by atoms with Crippen molar-refractivity contribution >= 4 is 35.1 Å². The van der Waals surface area contributed by atoms with Gasteiger partial charge in [0.1, 0.15) is 17.6 Å². The monoisotopic (exact) mass is 620 g/mol. The van der Waals surface area contributed by atoms with Crippen LogP contribution in [0.3, 0.4) is 0 Å². The van der Waals surface area contributed by atoms with Gasteiger partial charge < -0.3 is 24.4 Å². The van der Waals surface area contributed by atoms with Gasteiger partial charge >= 0.3 is 5.97 Å². The third-order valence-electron chi connectivity index (χ3n) is 9.76. The molecule has 0 aliphatic carbocycles. The van der Waals surface area contributed by atoms with Crippen molar-refractivity contribution in [3.8, 4) is 0 Å². The highest BCUT2D eigenvalue weighted by molar-refractivity contribution is 6.34. The lowest BCUT2D eigenvalue weighted by Crippen LogP contribution is -2.59. The van der Waals surface area contributed by atoms with Crippen molar-refractivity contribution in [3.05, 3.63) is 90.0 Å². The van der Waals surface area contributed by atoms with Gasteiger partial charge in [0.15, 0.2) is 0 Å². The number of benzene rings is 2. The molecule has 3 fully saturated rings. The second-order valence-corrected chi connectivity index (χ2v) is 12.8. The number of ether oxygens (including phenoxy) is 2. The summed E-state index contributed by atoms with van der Waals surface area (Å²) in [4.78, 5) is 46.5. The number of esters is 1. The van der Waals surface area contributed by atoms with Gasteiger partial charge in [-0.2, -0.15) is 0 Å². The smallest absolute Gasteiger partial charge is 0.312 e. The largest absolute Gasteiger partial charge is 0.465 e. The van der Waals surface area contributed by atoms with Gasteiger partial charge in [-0.1, -0.05) is 73.1 Å². The molecule has 3 heterocycles. The molecule has 1 N–H and O–H groups in total. The number of halogens is 1. The highest BCUT2D eigenvalue weighted by Gasteiger charge is 2.80. The Morgan fingerprint density at radius 1 is 1.20 bits per heavy atom. The lowest BCUT2D eigenvalue weighted by Gasteiger charge is -2.40. The number of carbonyl (C=O) groups excluding carboxylic acids is 3. The quantitative estimate of drug-likeness (QED) is 0.206. The third-order valence-corrected chi connectivity index (χ3v) is 10.1. The van der Waals surface area contributed by atoms with Gasteiger partial charge in [-0.05, 0) is 56.2 Å². The summed E-state index contributed by atoms with van der Waals surface area (Å²) in [6, 6.07) is 13.0. The molecule has 2 bridgehead atoms. The molecule has 0 aromatic heterocycles. The fourth-order valence-corrected chi connectivity index (χ4v) is 8.03. The maximum absolute atomic E-state index is 15.0. The molecule has 234 valence electrons. The number of aliphatic hydroxyl groups is 1. The zero-order valence-corrected chi connectivity index (χ0v) is 26.3. The van der Waals surface area contributed by atoms with Crippen LogP contribution in [0.4, 0.5) is 5.69 Å². The van der Waals surface area contributed by atoms with Crippen molar-refractivity contribution < 1.29 is 29.0 Å². The van der Waals surface area contributed by atoms with Crippen LogP contribution in [-0.4, -0.2) is 70.8 Å². The summed E-state index contributed by atoms with van der Waals surface area (Å²) in [6.45, 7) is 13.1. The van der Waals surface area contributed by atoms with Crippen molar-refractivity contribution in [1.29, 1.82) is 0 Å². The minimum Gasteiger partial charge on any atom is -0.465 e. The molecule has 7 atom stereocenters. The van der Waals surface area contributed by atoms with Crippen LogP contribution in [0.1, 0.15) is 37.8 Å². The first-order chi connectivity index (χ1) is 21.0. The molecule has 3 unspecified atom stereocenters. The Labute approximate surface area is 264 Å². The molecule has 2 aromatic rings. The first-order valence-corrected chi connectivity index (χ1v) is 15.6. The van der Waals surface area contributed by atoms with Gasteiger partial charge in [-0.3, -0.25) is 14.4 Å². The molecule has 2 aromatic carbocycles. The van der Waals surface area contributed by atoms with Gasteiger partial charge in [-0.15, -0.1) is 13.2 Å². The van der Waals surface area contributed by atoms with E-state index in [2.05, 4.69) is 13.2 Å². The number of anilines is 1. The van der Waals surface area contributed by atoms with Gasteiger partial charge in [0.25, 0.3) is 5.91 Å². The van der Waals surface area contributed by atoms with Crippen molar-refractivity contribution in [2.75, 3.05) is 24.7 Å². The molecule has 0 radical (unpaired) electrons. The van der Waals surface area contributed by atoms with E-state index < -0.39 is 52.9 Å². The molecule has 44 heavy (non-hydrogen) atoms. The third kappa shape index (κ3) is 5.07. The lowest BCUT2D eigenvalue weighted by molar-refractivity contribution is -0.162. The Hall–Kier alpha value is -3.46. The van der Waals surface area contributed by atoms with E-state index >= 15 is 4.79 Å². The second kappa shape index (κ2) is 12.5. The number of para-hydroxylation sites is 1. The summed E-state index contributed by atoms with van der Waals surface area (Å²) in [5.41, 5.74) is -0.142. The summed E-state index contributed by atoms with van der Waals surface area (Å²) < 4.78 is 12.5. The number of amides is 2. The Kier molecular flexibility index (Phi) is 9.08. The average Bonchev–Trinajstić information content (AvgIpc) is 3.52. The van der Waals surface area contributed by atoms with Crippen LogP contribution < -0.4 is 4.90 Å². The Balaban J connectivity index is 1.66. The molecule has 1 spiro atoms. The predicted molar refractivity (Wildman–Crippen MR) is 169 cm³/mol. The zero-order chi connectivity index (χ0) is 31.8. The standard InChI is InChI=1S/C35H41ClN2O6/c1-6-8-18-43-33(42)28-27-31(40)38(25(21-39)19-24-14-10-9-11-15-24)30(35(27)20-23(4)34(28,5)44-35)32(41)37(17-7-2)29-22(3)13-12-16-26(29)36/h6-7,9-16,23,25,27-28,30,39H,1-2,8,17-21H2,3-5H3/t23?,25-,27+,28-,30?,34+,35?/m1/s1. The minimum atomic E-state index is -1.32. The molecular weight excluding hydrogens is 580 g/mol. The maximum atomic E-state index is 15.0. The van der Waals surface area contributed by atoms with Crippen molar-refractivity contribution in [3.63, 3.8) is 0 Å². The van der Waals surface area contributed by atoms with E-state index in [0.29, 0.717) is 30.0 Å². The minimum absolute atomic E-state index is 0.130. The number of likely N-dealkylation sites (tertiary alicyclic amines) is 1. The molecule has 2 amide bonds. The van der Waals surface area contributed by atoms with Gasteiger partial charge in [0.2, 0.25) is 5.91 Å². The van der Waals surface area contributed by atoms with Gasteiger partial charge in [-0.25, -0.2) is 0 Å². The number of nitrogens with zero attached hydrogens (tertiary/aromatic N) is 2. The zero-order valence-electron chi connectivity index (χ0n) is 25.6. The molecule has 5 rings (SSSR count). The topological polar surface area (TPSA) is 96.4 Å². The van der Waals surface area contributed by atoms with E-state index in [-0.39, 0.29) is 25.7 Å². The predicted octanol–water partition coefficient (Wildman–Crippen LogP) is 4.90. The van der Waals surface area contributed by atoms with E-state index in [4.69, 9.17) is 21.1 Å². The average molecular weight is 621 g/mol. The number of fused-ring (bicyclic) bond motifs is 1. The normalized spacial score (nSPS) is 29.3. The molecule has 9 heteroatoms. The Morgan fingerprint density at radius 2 is 1.93 bits per heavy atom. The summed E-state index contributed by atoms with van der Waals surface area (Å²) in [5.74, 6) is -3.36. The van der Waals surface area contributed by atoms with E-state index in [0.717, 1.165) is 11.1 Å². The van der Waals surface area contributed by atoms with E-state index in [9.17, 15) is 14.7 Å². The summed E-state index contributed by atoms with van der Waals surface area (Å²) >= 11 is 6.68. The lowest BCUT2D eigenvalue weighted by atomic mass is 9.62. The molecule has 0 saturated carbocycles. The van der Waals surface area contributed by atoms with Gasteiger partial charge in [0, 0.05) is 6.54 Å². The van der Waals surface area contributed by atoms with Crippen LogP contribution in [0.2, 0.25) is 5.02 Å². The van der Waals surface area contributed by atoms with Crippen molar-refractivity contribution in [2.45, 2.75) is 63.3 Å². The summed E-state index contributed by atoms with van der Waals surface area (Å²) in [6.07, 6.45) is 4.44. The Bertz CT molecular complexity index is 1430. The van der Waals surface area contributed by atoms with E-state index in [1.54, 1.807) is 23.1 Å². The molecule has 8 nitrogen and oxygen atoms in total. The second-order valence-electron chi connectivity index (χ2n) is 12.4. The van der Waals surface area contributed by atoms with Crippen LogP contribution in [0.25, 0.3) is 0 Å². The SMILES string of the molecule is C=CCCOC(=O)[C@H]1[C@H]2C(=O)N([C@@H](CO)Cc3ccccc3)C(C(=O)N(CC=C)c3c(C)cccc3Cl)C23CC(C)[C@]1(C)O3. The van der Waals surface area contributed by atoms with Crippen molar-refractivity contribution in [1.82, 2.24) is 4.90 Å². The number of aryl methyl sites for hydroxylation is 1. The van der Waals surface area contributed by atoms with Crippen LogP contribution in [0.15, 0.2) is 73.8 Å². The number of hydrogen-bond acceptors (Lipinski definition) is 6. The van der Waals surface area contributed by atoms with Crippen LogP contribution >= 0.6 is 11.6 Å². The van der Waals surface area contributed by atoms with Gasteiger partial charge in [0.05, 0.1) is 41.5 Å². The highest BCUT2D eigenvalue weighted by atomic mass is 35.5. The first-order valence-electron chi connectivity index (χ1n) is 15.2. The summed E-state index contributed by atoms with van der Waals surface area (Å²) in [5, 5.41) is 11.1.